The van der Waals surface area contributed by atoms with Crippen LogP contribution in [0, 0.1) is 0 Å². The number of halogens is 3. The third-order valence-electron chi connectivity index (χ3n) is 8.06. The lowest BCUT2D eigenvalue weighted by Crippen LogP contribution is -2.47. The van der Waals surface area contributed by atoms with Gasteiger partial charge in [-0.3, -0.25) is 14.5 Å². The van der Waals surface area contributed by atoms with Gasteiger partial charge in [0, 0.05) is 62.8 Å². The third-order valence-corrected chi connectivity index (χ3v) is 8.06. The summed E-state index contributed by atoms with van der Waals surface area (Å²) in [4.78, 5) is 33.1. The van der Waals surface area contributed by atoms with Gasteiger partial charge in [-0.1, -0.05) is 12.1 Å². The Kier molecular flexibility index (Phi) is 10.5. The molecule has 3 aromatic rings. The van der Waals surface area contributed by atoms with E-state index in [2.05, 4.69) is 25.3 Å². The molecular weight excluding hydrogens is 587 g/mol. The zero-order chi connectivity index (χ0) is 31.8. The Labute approximate surface area is 260 Å². The molecule has 240 valence electrons. The first-order chi connectivity index (χ1) is 21.7. The zero-order valence-electron chi connectivity index (χ0n) is 25.2. The van der Waals surface area contributed by atoms with Crippen LogP contribution >= 0.6 is 0 Å². The summed E-state index contributed by atoms with van der Waals surface area (Å²) in [6.07, 6.45) is -3.71. The number of nitrogens with one attached hydrogen (secondary N) is 2. The molecule has 0 bridgehead atoms. The number of methoxy groups -OCH3 is 1. The highest BCUT2D eigenvalue weighted by atomic mass is 19.4. The summed E-state index contributed by atoms with van der Waals surface area (Å²) < 4.78 is 49.8. The molecule has 12 heteroatoms. The second-order valence-electron chi connectivity index (χ2n) is 11.0. The predicted octanol–water partition coefficient (Wildman–Crippen LogP) is 4.75. The number of piperazine rings is 1. The molecule has 0 aromatic heterocycles. The summed E-state index contributed by atoms with van der Waals surface area (Å²) in [5, 5.41) is 5.76. The largest absolute Gasteiger partial charge is 0.495 e. The molecule has 0 saturated carbocycles. The van der Waals surface area contributed by atoms with Gasteiger partial charge in [0.05, 0.1) is 37.1 Å². The van der Waals surface area contributed by atoms with E-state index in [9.17, 15) is 22.8 Å². The summed E-state index contributed by atoms with van der Waals surface area (Å²) in [5.74, 6) is -0.0280. The van der Waals surface area contributed by atoms with Crippen LogP contribution in [0.5, 0.6) is 5.75 Å². The smallest absolute Gasteiger partial charge is 0.416 e. The first-order valence-corrected chi connectivity index (χ1v) is 15.1. The number of amides is 2. The van der Waals surface area contributed by atoms with Crippen LogP contribution in [0.2, 0.25) is 0 Å². The van der Waals surface area contributed by atoms with Gasteiger partial charge in [-0.25, -0.2) is 0 Å². The molecule has 0 atom stereocenters. The summed E-state index contributed by atoms with van der Waals surface area (Å²) in [5.41, 5.74) is 1.79. The number of nitrogens with zero attached hydrogens (tertiary/aromatic N) is 3. The number of carbonyl (C=O) groups is 2. The molecular formula is C33H38F3N5O4. The fourth-order valence-corrected chi connectivity index (χ4v) is 5.59. The third kappa shape index (κ3) is 8.25. The normalized spacial score (nSPS) is 15.9. The van der Waals surface area contributed by atoms with Gasteiger partial charge in [-0.15, -0.1) is 0 Å². The first kappa shape index (κ1) is 32.1. The number of hydrogen-bond acceptors (Lipinski definition) is 7. The maximum atomic E-state index is 13.6. The number of morpholine rings is 1. The number of anilines is 3. The summed E-state index contributed by atoms with van der Waals surface area (Å²) in [7, 11) is 1.65. The van der Waals surface area contributed by atoms with Gasteiger partial charge in [0.25, 0.3) is 11.8 Å². The Morgan fingerprint density at radius 2 is 1.51 bits per heavy atom. The van der Waals surface area contributed by atoms with Gasteiger partial charge in [-0.05, 0) is 67.6 Å². The van der Waals surface area contributed by atoms with Gasteiger partial charge in [0.1, 0.15) is 5.75 Å². The van der Waals surface area contributed by atoms with E-state index in [1.807, 2.05) is 30.3 Å². The number of ether oxygens (including phenoxy) is 2. The molecule has 2 amide bonds. The average molecular weight is 626 g/mol. The van der Waals surface area contributed by atoms with Gasteiger partial charge in [-0.2, -0.15) is 13.2 Å². The molecule has 2 aliphatic rings. The van der Waals surface area contributed by atoms with Gasteiger partial charge in [0.15, 0.2) is 0 Å². The Bertz CT molecular complexity index is 1450. The van der Waals surface area contributed by atoms with E-state index in [0.29, 0.717) is 57.2 Å². The molecule has 3 aromatic carbocycles. The van der Waals surface area contributed by atoms with Crippen molar-refractivity contribution in [1.29, 1.82) is 0 Å². The molecule has 0 spiro atoms. The van der Waals surface area contributed by atoms with Crippen molar-refractivity contribution in [2.24, 2.45) is 0 Å². The maximum Gasteiger partial charge on any atom is 0.416 e. The monoisotopic (exact) mass is 625 g/mol. The molecule has 9 nitrogen and oxygen atoms in total. The molecule has 5 rings (SSSR count). The van der Waals surface area contributed by atoms with Gasteiger partial charge < -0.3 is 29.9 Å². The number of para-hydroxylation sites is 2. The molecule has 2 fully saturated rings. The Hall–Kier alpha value is -4.29. The van der Waals surface area contributed by atoms with Crippen LogP contribution in [0.25, 0.3) is 0 Å². The number of hydrogen-bond donors (Lipinski definition) is 2. The van der Waals surface area contributed by atoms with Crippen LogP contribution in [0.3, 0.4) is 0 Å². The van der Waals surface area contributed by atoms with E-state index < -0.39 is 17.6 Å². The van der Waals surface area contributed by atoms with Crippen molar-refractivity contribution in [2.75, 3.05) is 87.8 Å². The first-order valence-electron chi connectivity index (χ1n) is 15.1. The highest BCUT2D eigenvalue weighted by molar-refractivity contribution is 6.06. The van der Waals surface area contributed by atoms with Crippen molar-refractivity contribution in [1.82, 2.24) is 10.2 Å². The fourth-order valence-electron chi connectivity index (χ4n) is 5.59. The Morgan fingerprint density at radius 1 is 0.844 bits per heavy atom. The summed E-state index contributed by atoms with van der Waals surface area (Å²) >= 11 is 0. The van der Waals surface area contributed by atoms with Crippen LogP contribution in [0.1, 0.15) is 32.7 Å². The number of alkyl halides is 3. The maximum absolute atomic E-state index is 13.6. The Balaban J connectivity index is 1.29. The second kappa shape index (κ2) is 14.7. The molecule has 0 aliphatic carbocycles. The minimum atomic E-state index is -4.49. The second-order valence-corrected chi connectivity index (χ2v) is 11.0. The van der Waals surface area contributed by atoms with Crippen molar-refractivity contribution >= 4 is 28.9 Å². The van der Waals surface area contributed by atoms with Crippen molar-refractivity contribution in [3.8, 4) is 5.75 Å². The average Bonchev–Trinajstić information content (AvgIpc) is 3.07. The highest BCUT2D eigenvalue weighted by Crippen LogP contribution is 2.32. The van der Waals surface area contributed by atoms with Crippen molar-refractivity contribution in [3.05, 3.63) is 83.4 Å². The van der Waals surface area contributed by atoms with Gasteiger partial charge >= 0.3 is 6.18 Å². The van der Waals surface area contributed by atoms with Crippen molar-refractivity contribution in [2.45, 2.75) is 12.6 Å². The summed E-state index contributed by atoms with van der Waals surface area (Å²) in [6, 6.07) is 17.0. The van der Waals surface area contributed by atoms with E-state index in [1.165, 1.54) is 0 Å². The van der Waals surface area contributed by atoms with E-state index in [0.717, 1.165) is 67.4 Å². The van der Waals surface area contributed by atoms with Crippen LogP contribution in [-0.4, -0.2) is 89.4 Å². The molecule has 2 saturated heterocycles. The number of benzene rings is 3. The van der Waals surface area contributed by atoms with Crippen LogP contribution in [0.15, 0.2) is 66.7 Å². The number of rotatable bonds is 10. The molecule has 2 aliphatic heterocycles. The Morgan fingerprint density at radius 3 is 2.18 bits per heavy atom. The topological polar surface area (TPSA) is 86.4 Å². The van der Waals surface area contributed by atoms with E-state index in [-0.39, 0.29) is 11.5 Å². The van der Waals surface area contributed by atoms with Crippen LogP contribution < -0.4 is 25.2 Å². The van der Waals surface area contributed by atoms with E-state index in [1.54, 1.807) is 19.2 Å². The minimum absolute atomic E-state index is 0.0775. The molecule has 45 heavy (non-hydrogen) atoms. The quantitative estimate of drug-likeness (QED) is 0.315. The van der Waals surface area contributed by atoms with Crippen molar-refractivity contribution < 1.29 is 32.2 Å². The van der Waals surface area contributed by atoms with E-state index in [4.69, 9.17) is 9.47 Å². The number of carbonyl (C=O) groups excluding carboxylic acids is 2. The zero-order valence-corrected chi connectivity index (χ0v) is 25.2. The lowest BCUT2D eigenvalue weighted by molar-refractivity contribution is -0.137. The van der Waals surface area contributed by atoms with Crippen LogP contribution in [-0.2, 0) is 10.9 Å². The molecule has 0 radical (unpaired) electrons. The van der Waals surface area contributed by atoms with Crippen LogP contribution in [0.4, 0.5) is 30.2 Å². The fraction of sp³-hybridized carbons (Fsp3) is 0.394. The molecule has 2 N–H and O–H groups in total. The highest BCUT2D eigenvalue weighted by Gasteiger charge is 2.30. The lowest BCUT2D eigenvalue weighted by atomic mass is 10.1. The van der Waals surface area contributed by atoms with Crippen molar-refractivity contribution in [3.63, 3.8) is 0 Å². The SMILES string of the molecule is COc1ccccc1N1CCN(c2ccc(NC(=O)c3ccc(C(F)(F)F)cc3)cc2C(=O)NCCCN2CCOCC2)CC1. The molecule has 0 unspecified atom stereocenters. The minimum Gasteiger partial charge on any atom is -0.495 e. The lowest BCUT2D eigenvalue weighted by Gasteiger charge is -2.38. The summed E-state index contributed by atoms with van der Waals surface area (Å²) in [6.45, 7) is 7.26. The predicted molar refractivity (Wildman–Crippen MR) is 167 cm³/mol. The molecule has 2 heterocycles. The van der Waals surface area contributed by atoms with E-state index >= 15 is 0 Å². The van der Waals surface area contributed by atoms with Gasteiger partial charge in [0.2, 0.25) is 0 Å². The standard InChI is InChI=1S/C33H38F3N5O4/c1-44-30-6-3-2-5-29(30)41-17-15-40(16-18-41)28-12-11-26(38-31(42)24-7-9-25(10-8-24)33(34,35)36)23-27(28)32(43)37-13-4-14-39-19-21-45-22-20-39/h2-3,5-12,23H,4,13-22H2,1H3,(H,37,43)(H,38,42).